The van der Waals surface area contributed by atoms with Crippen molar-refractivity contribution in [3.8, 4) is 0 Å². The lowest BCUT2D eigenvalue weighted by molar-refractivity contribution is -0.125. The topological polar surface area (TPSA) is 55.1 Å². The number of nitrogens with one attached hydrogen (secondary N) is 1. The molecule has 0 saturated carbocycles. The molecular formula is C16H26N2O. The summed E-state index contributed by atoms with van der Waals surface area (Å²) in [6.45, 7) is 7.00. The second kappa shape index (κ2) is 7.29. The van der Waals surface area contributed by atoms with E-state index in [9.17, 15) is 4.79 Å². The predicted octanol–water partition coefficient (Wildman–Crippen LogP) is 2.85. The first-order chi connectivity index (χ1) is 9.04. The summed E-state index contributed by atoms with van der Waals surface area (Å²) in [7, 11) is 0. The zero-order chi connectivity index (χ0) is 14.3. The van der Waals surface area contributed by atoms with E-state index >= 15 is 0 Å². The van der Waals surface area contributed by atoms with Gasteiger partial charge in [-0.05, 0) is 24.3 Å². The summed E-state index contributed by atoms with van der Waals surface area (Å²) in [6, 6.07) is 10.1. The number of hydrogen-bond donors (Lipinski definition) is 2. The molecule has 0 saturated heterocycles. The number of primary amides is 1. The lowest BCUT2D eigenvalue weighted by atomic mass is 9.83. The van der Waals surface area contributed by atoms with E-state index < -0.39 is 5.54 Å². The molecule has 0 aromatic heterocycles. The molecule has 1 aromatic rings. The number of nitrogens with two attached hydrogens (primary N) is 1. The molecule has 0 aliphatic rings. The molecule has 0 aliphatic heterocycles. The van der Waals surface area contributed by atoms with Crippen molar-refractivity contribution in [2.45, 2.75) is 52.1 Å². The summed E-state index contributed by atoms with van der Waals surface area (Å²) < 4.78 is 0. The van der Waals surface area contributed by atoms with Gasteiger partial charge in [-0.2, -0.15) is 0 Å². The maximum atomic E-state index is 11.9. The second-order valence-corrected chi connectivity index (χ2v) is 5.36. The largest absolute Gasteiger partial charge is 0.368 e. The standard InChI is InChI=1S/C16H26N2O/c1-4-13(3)11-16(5-2,15(17)19)18-12-14-9-7-6-8-10-14/h6-10,13,18H,4-5,11-12H2,1-3H3,(H2,17,19). The molecule has 0 spiro atoms. The molecule has 0 bridgehead atoms. The first-order valence-electron chi connectivity index (χ1n) is 7.13. The van der Waals surface area contributed by atoms with Gasteiger partial charge in [0.05, 0.1) is 5.54 Å². The maximum Gasteiger partial charge on any atom is 0.237 e. The Morgan fingerprint density at radius 3 is 2.42 bits per heavy atom. The molecule has 3 nitrogen and oxygen atoms in total. The molecule has 1 amide bonds. The minimum Gasteiger partial charge on any atom is -0.368 e. The van der Waals surface area contributed by atoms with Crippen molar-refractivity contribution in [3.05, 3.63) is 35.9 Å². The molecule has 0 fully saturated rings. The lowest BCUT2D eigenvalue weighted by Crippen LogP contribution is -2.55. The van der Waals surface area contributed by atoms with Crippen LogP contribution in [0.4, 0.5) is 0 Å². The molecule has 3 N–H and O–H groups in total. The number of hydrogen-bond acceptors (Lipinski definition) is 2. The molecule has 2 unspecified atom stereocenters. The van der Waals surface area contributed by atoms with Crippen LogP contribution in [0.15, 0.2) is 30.3 Å². The van der Waals surface area contributed by atoms with Crippen LogP contribution in [0, 0.1) is 5.92 Å². The van der Waals surface area contributed by atoms with Crippen LogP contribution >= 0.6 is 0 Å². The Balaban J connectivity index is 2.76. The van der Waals surface area contributed by atoms with Gasteiger partial charge in [0.25, 0.3) is 0 Å². The number of carbonyl (C=O) groups is 1. The smallest absolute Gasteiger partial charge is 0.237 e. The summed E-state index contributed by atoms with van der Waals surface area (Å²) in [4.78, 5) is 11.9. The van der Waals surface area contributed by atoms with Gasteiger partial charge in [-0.15, -0.1) is 0 Å². The zero-order valence-corrected chi connectivity index (χ0v) is 12.3. The van der Waals surface area contributed by atoms with Crippen LogP contribution in [-0.4, -0.2) is 11.4 Å². The van der Waals surface area contributed by atoms with E-state index in [0.717, 1.165) is 19.3 Å². The van der Waals surface area contributed by atoms with Gasteiger partial charge >= 0.3 is 0 Å². The Morgan fingerprint density at radius 1 is 1.32 bits per heavy atom. The number of rotatable bonds is 8. The van der Waals surface area contributed by atoms with E-state index in [1.807, 2.05) is 25.1 Å². The van der Waals surface area contributed by atoms with Gasteiger partial charge in [-0.1, -0.05) is 57.5 Å². The highest BCUT2D eigenvalue weighted by Crippen LogP contribution is 2.23. The maximum absolute atomic E-state index is 11.9. The van der Waals surface area contributed by atoms with Crippen LogP contribution in [0.3, 0.4) is 0 Å². The molecule has 0 radical (unpaired) electrons. The summed E-state index contributed by atoms with van der Waals surface area (Å²) in [6.07, 6.45) is 2.57. The fourth-order valence-electron chi connectivity index (χ4n) is 2.31. The number of benzene rings is 1. The van der Waals surface area contributed by atoms with Crippen molar-refractivity contribution in [3.63, 3.8) is 0 Å². The van der Waals surface area contributed by atoms with E-state index in [-0.39, 0.29) is 5.91 Å². The highest BCUT2D eigenvalue weighted by atomic mass is 16.1. The molecule has 19 heavy (non-hydrogen) atoms. The summed E-state index contributed by atoms with van der Waals surface area (Å²) in [5.41, 5.74) is 6.23. The van der Waals surface area contributed by atoms with E-state index in [1.54, 1.807) is 0 Å². The molecular weight excluding hydrogens is 236 g/mol. The Morgan fingerprint density at radius 2 is 1.95 bits per heavy atom. The van der Waals surface area contributed by atoms with Crippen molar-refractivity contribution < 1.29 is 4.79 Å². The summed E-state index contributed by atoms with van der Waals surface area (Å²) in [5.74, 6) is 0.238. The van der Waals surface area contributed by atoms with Gasteiger partial charge in [0.2, 0.25) is 5.91 Å². The minimum atomic E-state index is -0.592. The average molecular weight is 262 g/mol. The molecule has 1 aromatic carbocycles. The lowest BCUT2D eigenvalue weighted by Gasteiger charge is -2.33. The third-order valence-electron chi connectivity index (χ3n) is 3.94. The third-order valence-corrected chi connectivity index (χ3v) is 3.94. The molecule has 106 valence electrons. The van der Waals surface area contributed by atoms with Crippen LogP contribution in [0.2, 0.25) is 0 Å². The van der Waals surface area contributed by atoms with Gasteiger partial charge in [0, 0.05) is 6.54 Å². The van der Waals surface area contributed by atoms with Crippen LogP contribution < -0.4 is 11.1 Å². The highest BCUT2D eigenvalue weighted by Gasteiger charge is 2.35. The van der Waals surface area contributed by atoms with E-state index in [1.165, 1.54) is 5.56 Å². The fourth-order valence-corrected chi connectivity index (χ4v) is 2.31. The van der Waals surface area contributed by atoms with Crippen LogP contribution in [0.1, 0.15) is 45.6 Å². The van der Waals surface area contributed by atoms with Crippen molar-refractivity contribution in [2.24, 2.45) is 11.7 Å². The van der Waals surface area contributed by atoms with E-state index in [2.05, 4.69) is 31.3 Å². The second-order valence-electron chi connectivity index (χ2n) is 5.36. The first kappa shape index (κ1) is 15.7. The Labute approximate surface area is 116 Å². The Hall–Kier alpha value is -1.35. The van der Waals surface area contributed by atoms with Crippen molar-refractivity contribution in [1.29, 1.82) is 0 Å². The molecule has 3 heteroatoms. The van der Waals surface area contributed by atoms with Gasteiger partial charge in [0.15, 0.2) is 0 Å². The van der Waals surface area contributed by atoms with Crippen molar-refractivity contribution >= 4 is 5.91 Å². The predicted molar refractivity (Wildman–Crippen MR) is 79.6 cm³/mol. The first-order valence-corrected chi connectivity index (χ1v) is 7.13. The molecule has 0 heterocycles. The van der Waals surface area contributed by atoms with Crippen LogP contribution in [0.5, 0.6) is 0 Å². The highest BCUT2D eigenvalue weighted by molar-refractivity contribution is 5.84. The van der Waals surface area contributed by atoms with Crippen LogP contribution in [0.25, 0.3) is 0 Å². The van der Waals surface area contributed by atoms with Crippen molar-refractivity contribution in [2.75, 3.05) is 0 Å². The van der Waals surface area contributed by atoms with Crippen molar-refractivity contribution in [1.82, 2.24) is 5.32 Å². The molecule has 0 aliphatic carbocycles. The van der Waals surface area contributed by atoms with Gasteiger partial charge in [-0.25, -0.2) is 0 Å². The van der Waals surface area contributed by atoms with Gasteiger partial charge in [0.1, 0.15) is 0 Å². The monoisotopic (exact) mass is 262 g/mol. The number of amides is 1. The summed E-state index contributed by atoms with van der Waals surface area (Å²) in [5, 5.41) is 3.39. The zero-order valence-electron chi connectivity index (χ0n) is 12.3. The molecule has 1 rings (SSSR count). The Bertz CT molecular complexity index is 391. The average Bonchev–Trinajstić information content (AvgIpc) is 2.44. The van der Waals surface area contributed by atoms with Crippen LogP contribution in [-0.2, 0) is 11.3 Å². The number of carbonyl (C=O) groups excluding carboxylic acids is 1. The van der Waals surface area contributed by atoms with Gasteiger partial charge in [-0.3, -0.25) is 10.1 Å². The molecule has 2 atom stereocenters. The quantitative estimate of drug-likeness (QED) is 0.757. The fraction of sp³-hybridized carbons (Fsp3) is 0.562. The van der Waals surface area contributed by atoms with E-state index in [0.29, 0.717) is 12.5 Å². The minimum absolute atomic E-state index is 0.244. The normalized spacial score (nSPS) is 15.7. The third kappa shape index (κ3) is 4.35. The summed E-state index contributed by atoms with van der Waals surface area (Å²) >= 11 is 0. The van der Waals surface area contributed by atoms with Gasteiger partial charge < -0.3 is 5.73 Å². The van der Waals surface area contributed by atoms with E-state index in [4.69, 9.17) is 5.73 Å². The Kier molecular flexibility index (Phi) is 6.03. The SMILES string of the molecule is CCC(C)CC(CC)(NCc1ccccc1)C(N)=O.